The van der Waals surface area contributed by atoms with Gasteiger partial charge in [-0.25, -0.2) is 4.99 Å². The maximum absolute atomic E-state index is 7.78. The molecule has 0 atom stereocenters. The highest BCUT2D eigenvalue weighted by atomic mass is 16.5. The number of rotatable bonds is 4. The predicted molar refractivity (Wildman–Crippen MR) is 69.1 cm³/mol. The second kappa shape index (κ2) is 6.48. The lowest BCUT2D eigenvalue weighted by molar-refractivity contribution is 0.316. The van der Waals surface area contributed by atoms with E-state index >= 15 is 0 Å². The topological polar surface area (TPSA) is 54.7 Å². The van der Waals surface area contributed by atoms with Crippen molar-refractivity contribution in [1.82, 2.24) is 0 Å². The molecule has 0 fully saturated rings. The minimum absolute atomic E-state index is 0.184. The number of ether oxygens (including phenoxy) is 2. The van der Waals surface area contributed by atoms with Gasteiger partial charge in [-0.05, 0) is 37.3 Å². The standard InChI is InChI=1S/C13H16N2O2/c1-4-11(16-2)9-15-13(14)10-5-7-12(17-3)8-6-10/h4-9,14H,1-3H3/b11-4+,14-13?,15-9?. The Hall–Kier alpha value is -2.10. The van der Waals surface area contributed by atoms with E-state index in [1.807, 2.05) is 6.92 Å². The molecule has 0 aromatic heterocycles. The molecule has 0 saturated heterocycles. The van der Waals surface area contributed by atoms with Gasteiger partial charge in [-0.15, -0.1) is 0 Å². The van der Waals surface area contributed by atoms with Gasteiger partial charge in [-0.2, -0.15) is 0 Å². The Balaban J connectivity index is 2.76. The molecule has 0 spiro atoms. The molecule has 0 aliphatic rings. The number of nitrogens with one attached hydrogen (secondary N) is 1. The molecule has 1 aromatic rings. The molecule has 0 aliphatic carbocycles. The van der Waals surface area contributed by atoms with Crippen molar-refractivity contribution < 1.29 is 9.47 Å². The Morgan fingerprint density at radius 3 is 2.35 bits per heavy atom. The maximum atomic E-state index is 7.78. The first-order valence-corrected chi connectivity index (χ1v) is 5.18. The molecule has 0 bridgehead atoms. The number of nitrogens with zero attached hydrogens (tertiary/aromatic N) is 1. The van der Waals surface area contributed by atoms with E-state index in [-0.39, 0.29) is 5.84 Å². The molecule has 0 amide bonds. The number of hydrogen-bond donors (Lipinski definition) is 1. The van der Waals surface area contributed by atoms with Crippen LogP contribution in [0, 0.1) is 5.41 Å². The van der Waals surface area contributed by atoms with Crippen molar-refractivity contribution in [1.29, 1.82) is 5.41 Å². The predicted octanol–water partition coefficient (Wildman–Crippen LogP) is 2.64. The second-order valence-corrected chi connectivity index (χ2v) is 3.23. The highest BCUT2D eigenvalue weighted by Crippen LogP contribution is 2.11. The Morgan fingerprint density at radius 2 is 1.88 bits per heavy atom. The van der Waals surface area contributed by atoms with E-state index < -0.39 is 0 Å². The van der Waals surface area contributed by atoms with Gasteiger partial charge in [0.1, 0.15) is 11.5 Å². The van der Waals surface area contributed by atoms with Gasteiger partial charge in [-0.3, -0.25) is 5.41 Å². The lowest BCUT2D eigenvalue weighted by atomic mass is 10.2. The number of aliphatic imine (C=N–C) groups is 1. The van der Waals surface area contributed by atoms with Crippen LogP contribution in [0.15, 0.2) is 41.1 Å². The first kappa shape index (κ1) is 13.0. The third kappa shape index (κ3) is 3.75. The van der Waals surface area contributed by atoms with Crippen LogP contribution in [0.5, 0.6) is 5.75 Å². The van der Waals surface area contributed by atoms with E-state index in [0.717, 1.165) is 11.3 Å². The fourth-order valence-electron chi connectivity index (χ4n) is 1.20. The average molecular weight is 232 g/mol. The lowest BCUT2D eigenvalue weighted by Gasteiger charge is -2.02. The van der Waals surface area contributed by atoms with Gasteiger partial charge < -0.3 is 9.47 Å². The van der Waals surface area contributed by atoms with Crippen LogP contribution in [0.2, 0.25) is 0 Å². The zero-order chi connectivity index (χ0) is 12.7. The van der Waals surface area contributed by atoms with E-state index in [4.69, 9.17) is 14.9 Å². The maximum Gasteiger partial charge on any atom is 0.151 e. The van der Waals surface area contributed by atoms with E-state index in [1.165, 1.54) is 6.21 Å². The fraction of sp³-hybridized carbons (Fsp3) is 0.231. The van der Waals surface area contributed by atoms with Crippen LogP contribution in [0.25, 0.3) is 0 Å². The summed E-state index contributed by atoms with van der Waals surface area (Å²) < 4.78 is 10.1. The van der Waals surface area contributed by atoms with Crippen molar-refractivity contribution in [2.24, 2.45) is 4.99 Å². The van der Waals surface area contributed by atoms with Gasteiger partial charge in [0, 0.05) is 5.56 Å². The van der Waals surface area contributed by atoms with E-state index in [0.29, 0.717) is 5.76 Å². The van der Waals surface area contributed by atoms with Gasteiger partial charge in [0.15, 0.2) is 5.84 Å². The SMILES string of the molecule is C/C=C(\C=NC(=N)c1ccc(OC)cc1)OC. The third-order valence-corrected chi connectivity index (χ3v) is 2.20. The van der Waals surface area contributed by atoms with Crippen LogP contribution in [0.4, 0.5) is 0 Å². The first-order valence-electron chi connectivity index (χ1n) is 5.18. The Bertz CT molecular complexity index is 433. The molecule has 1 rings (SSSR count). The Kier molecular flexibility index (Phi) is 4.94. The normalized spacial score (nSPS) is 11.6. The summed E-state index contributed by atoms with van der Waals surface area (Å²) in [6.45, 7) is 1.85. The highest BCUT2D eigenvalue weighted by Gasteiger charge is 1.99. The summed E-state index contributed by atoms with van der Waals surface area (Å²) in [5.74, 6) is 1.57. The minimum Gasteiger partial charge on any atom is -0.497 e. The monoisotopic (exact) mass is 232 g/mol. The van der Waals surface area contributed by atoms with Crippen LogP contribution in [-0.2, 0) is 4.74 Å². The molecule has 4 heteroatoms. The van der Waals surface area contributed by atoms with E-state index in [2.05, 4.69) is 4.99 Å². The zero-order valence-corrected chi connectivity index (χ0v) is 10.2. The highest BCUT2D eigenvalue weighted by molar-refractivity contribution is 6.02. The quantitative estimate of drug-likeness (QED) is 0.493. The molecule has 1 aromatic carbocycles. The summed E-state index contributed by atoms with van der Waals surface area (Å²) in [5.41, 5.74) is 0.730. The van der Waals surface area contributed by atoms with Gasteiger partial charge in [0.2, 0.25) is 0 Å². The van der Waals surface area contributed by atoms with Gasteiger partial charge in [0.05, 0.1) is 20.4 Å². The molecular formula is C13H16N2O2. The molecule has 0 heterocycles. The van der Waals surface area contributed by atoms with Crippen LogP contribution in [-0.4, -0.2) is 26.3 Å². The number of allylic oxidation sites excluding steroid dienone is 2. The molecule has 90 valence electrons. The van der Waals surface area contributed by atoms with Crippen LogP contribution >= 0.6 is 0 Å². The molecule has 1 N–H and O–H groups in total. The summed E-state index contributed by atoms with van der Waals surface area (Å²) in [6.07, 6.45) is 3.30. The van der Waals surface area contributed by atoms with Crippen molar-refractivity contribution in [3.8, 4) is 5.75 Å². The Morgan fingerprint density at radius 1 is 1.24 bits per heavy atom. The van der Waals surface area contributed by atoms with Crippen molar-refractivity contribution in [2.75, 3.05) is 14.2 Å². The summed E-state index contributed by atoms with van der Waals surface area (Å²) in [6, 6.07) is 7.18. The van der Waals surface area contributed by atoms with Crippen LogP contribution in [0.1, 0.15) is 12.5 Å². The van der Waals surface area contributed by atoms with Crippen LogP contribution < -0.4 is 4.74 Å². The van der Waals surface area contributed by atoms with E-state index in [9.17, 15) is 0 Å². The summed E-state index contributed by atoms with van der Waals surface area (Å²) in [7, 11) is 3.17. The number of benzene rings is 1. The molecule has 0 saturated carbocycles. The smallest absolute Gasteiger partial charge is 0.151 e. The molecule has 17 heavy (non-hydrogen) atoms. The third-order valence-electron chi connectivity index (χ3n) is 2.20. The molecule has 0 aliphatic heterocycles. The summed E-state index contributed by atoms with van der Waals surface area (Å²) >= 11 is 0. The van der Waals surface area contributed by atoms with E-state index in [1.54, 1.807) is 44.6 Å². The summed E-state index contributed by atoms with van der Waals surface area (Å²) in [4.78, 5) is 4.02. The van der Waals surface area contributed by atoms with Crippen LogP contribution in [0.3, 0.4) is 0 Å². The lowest BCUT2D eigenvalue weighted by Crippen LogP contribution is -1.97. The molecule has 4 nitrogen and oxygen atoms in total. The zero-order valence-electron chi connectivity index (χ0n) is 10.2. The number of hydrogen-bond acceptors (Lipinski definition) is 3. The summed E-state index contributed by atoms with van der Waals surface area (Å²) in [5, 5.41) is 7.78. The van der Waals surface area contributed by atoms with Gasteiger partial charge >= 0.3 is 0 Å². The largest absolute Gasteiger partial charge is 0.497 e. The van der Waals surface area contributed by atoms with Crippen molar-refractivity contribution >= 4 is 12.1 Å². The molecular weight excluding hydrogens is 216 g/mol. The fourth-order valence-corrected chi connectivity index (χ4v) is 1.20. The van der Waals surface area contributed by atoms with Crippen molar-refractivity contribution in [2.45, 2.75) is 6.92 Å². The van der Waals surface area contributed by atoms with Gasteiger partial charge in [-0.1, -0.05) is 0 Å². The first-order chi connectivity index (χ1) is 8.21. The second-order valence-electron chi connectivity index (χ2n) is 3.23. The van der Waals surface area contributed by atoms with Crippen molar-refractivity contribution in [3.63, 3.8) is 0 Å². The van der Waals surface area contributed by atoms with Crippen molar-refractivity contribution in [3.05, 3.63) is 41.7 Å². The molecule has 0 unspecified atom stereocenters. The minimum atomic E-state index is 0.184. The number of amidine groups is 1. The number of methoxy groups -OCH3 is 2. The Labute approximate surface area is 101 Å². The average Bonchev–Trinajstić information content (AvgIpc) is 2.39. The van der Waals surface area contributed by atoms with Gasteiger partial charge in [0.25, 0.3) is 0 Å². The molecule has 0 radical (unpaired) electrons.